The number of phenolic OH excluding ortho intramolecular Hbond substituents is 1. The Kier molecular flexibility index (Phi) is 5.75. The van der Waals surface area contributed by atoms with Gasteiger partial charge >= 0.3 is 0 Å². The molecule has 6 nitrogen and oxygen atoms in total. The summed E-state index contributed by atoms with van der Waals surface area (Å²) >= 11 is 1.34. The van der Waals surface area contributed by atoms with Crippen molar-refractivity contribution in [2.45, 2.75) is 20.8 Å². The summed E-state index contributed by atoms with van der Waals surface area (Å²) in [6, 6.07) is 10.9. The number of carbonyl (C=O) groups excluding carboxylic acids is 1. The standard InChI is InChI=1S/C21H21N3O3S/c1-12-6-5-7-16(13(12)2)21-23-14(3)19(28-21)20(26)24-22-11-15-8-9-18(27-4)17(25)10-15/h5-11,25H,1-4H3,(H,24,26)/b22-11+. The van der Waals surface area contributed by atoms with Crippen LogP contribution in [0.1, 0.15) is 32.1 Å². The third kappa shape index (κ3) is 4.04. The van der Waals surface area contributed by atoms with Gasteiger partial charge in [0.05, 0.1) is 19.0 Å². The molecule has 0 saturated carbocycles. The number of amides is 1. The fraction of sp³-hybridized carbons (Fsp3) is 0.190. The van der Waals surface area contributed by atoms with Crippen LogP contribution in [0.4, 0.5) is 0 Å². The number of carbonyl (C=O) groups is 1. The first-order chi connectivity index (χ1) is 13.4. The number of thiazole rings is 1. The number of nitrogens with one attached hydrogen (secondary N) is 1. The number of phenols is 1. The molecule has 144 valence electrons. The minimum Gasteiger partial charge on any atom is -0.504 e. The van der Waals surface area contributed by atoms with Crippen molar-refractivity contribution in [2.24, 2.45) is 5.10 Å². The summed E-state index contributed by atoms with van der Waals surface area (Å²) < 4.78 is 5.00. The summed E-state index contributed by atoms with van der Waals surface area (Å²) in [5.41, 5.74) is 7.18. The second kappa shape index (κ2) is 8.22. The number of benzene rings is 2. The zero-order chi connectivity index (χ0) is 20.3. The number of aryl methyl sites for hydroxylation is 2. The first-order valence-corrected chi connectivity index (χ1v) is 9.46. The normalized spacial score (nSPS) is 11.0. The van der Waals surface area contributed by atoms with Crippen molar-refractivity contribution in [3.63, 3.8) is 0 Å². The van der Waals surface area contributed by atoms with Gasteiger partial charge in [-0.3, -0.25) is 4.79 Å². The Morgan fingerprint density at radius 1 is 1.25 bits per heavy atom. The third-order valence-electron chi connectivity index (χ3n) is 4.42. The highest BCUT2D eigenvalue weighted by molar-refractivity contribution is 7.17. The molecule has 3 aromatic rings. The number of ether oxygens (including phenoxy) is 1. The van der Waals surface area contributed by atoms with Gasteiger partial charge in [-0.05, 0) is 55.7 Å². The van der Waals surface area contributed by atoms with E-state index in [9.17, 15) is 9.90 Å². The van der Waals surface area contributed by atoms with E-state index in [1.165, 1.54) is 36.3 Å². The van der Waals surface area contributed by atoms with Crippen molar-refractivity contribution in [1.29, 1.82) is 0 Å². The Balaban J connectivity index is 1.75. The molecule has 28 heavy (non-hydrogen) atoms. The van der Waals surface area contributed by atoms with Crippen LogP contribution in [0.15, 0.2) is 41.5 Å². The molecule has 0 unspecified atom stereocenters. The van der Waals surface area contributed by atoms with E-state index in [0.29, 0.717) is 21.9 Å². The minimum absolute atomic E-state index is 0.00856. The SMILES string of the molecule is COc1ccc(/C=N/NC(=O)c2sc(-c3cccc(C)c3C)nc2C)cc1O. The van der Waals surface area contributed by atoms with Crippen LogP contribution >= 0.6 is 11.3 Å². The minimum atomic E-state index is -0.319. The Morgan fingerprint density at radius 2 is 2.04 bits per heavy atom. The highest BCUT2D eigenvalue weighted by Gasteiger charge is 2.17. The molecule has 2 aromatic carbocycles. The summed E-state index contributed by atoms with van der Waals surface area (Å²) in [6.07, 6.45) is 1.46. The molecule has 0 aliphatic heterocycles. The van der Waals surface area contributed by atoms with E-state index in [4.69, 9.17) is 4.74 Å². The molecule has 2 N–H and O–H groups in total. The topological polar surface area (TPSA) is 83.8 Å². The van der Waals surface area contributed by atoms with Gasteiger partial charge < -0.3 is 9.84 Å². The zero-order valence-corrected chi connectivity index (χ0v) is 16.9. The lowest BCUT2D eigenvalue weighted by molar-refractivity contribution is 0.0958. The van der Waals surface area contributed by atoms with Crippen LogP contribution in [0, 0.1) is 20.8 Å². The summed E-state index contributed by atoms with van der Waals surface area (Å²) in [5.74, 6) is 0.0650. The molecule has 0 bridgehead atoms. The number of aromatic hydroxyl groups is 1. The molecule has 7 heteroatoms. The highest BCUT2D eigenvalue weighted by atomic mass is 32.1. The van der Waals surface area contributed by atoms with Crippen molar-refractivity contribution in [2.75, 3.05) is 7.11 Å². The van der Waals surface area contributed by atoms with E-state index < -0.39 is 0 Å². The Bertz CT molecular complexity index is 1060. The van der Waals surface area contributed by atoms with E-state index in [2.05, 4.69) is 35.4 Å². The molecule has 0 atom stereocenters. The predicted octanol–water partition coefficient (Wildman–Crippen LogP) is 4.21. The molecule has 3 rings (SSSR count). The smallest absolute Gasteiger partial charge is 0.283 e. The molecule has 0 spiro atoms. The van der Waals surface area contributed by atoms with Crippen molar-refractivity contribution >= 4 is 23.5 Å². The maximum atomic E-state index is 12.5. The lowest BCUT2D eigenvalue weighted by atomic mass is 10.0. The van der Waals surface area contributed by atoms with Gasteiger partial charge in [0, 0.05) is 5.56 Å². The molecular weight excluding hydrogens is 374 g/mol. The molecule has 0 aliphatic rings. The summed E-state index contributed by atoms with van der Waals surface area (Å²) in [6.45, 7) is 5.92. The largest absolute Gasteiger partial charge is 0.504 e. The second-order valence-electron chi connectivity index (χ2n) is 6.31. The average Bonchev–Trinajstić information content (AvgIpc) is 3.05. The molecule has 1 amide bonds. The molecule has 1 aromatic heterocycles. The average molecular weight is 395 g/mol. The van der Waals surface area contributed by atoms with Gasteiger partial charge in [0.25, 0.3) is 5.91 Å². The van der Waals surface area contributed by atoms with Crippen LogP contribution in [0.3, 0.4) is 0 Å². The van der Waals surface area contributed by atoms with Gasteiger partial charge in [0.15, 0.2) is 11.5 Å². The third-order valence-corrected chi connectivity index (χ3v) is 5.61. The van der Waals surface area contributed by atoms with Crippen LogP contribution in [0.2, 0.25) is 0 Å². The zero-order valence-electron chi connectivity index (χ0n) is 16.1. The fourth-order valence-electron chi connectivity index (χ4n) is 2.71. The Hall–Kier alpha value is -3.19. The molecule has 0 fully saturated rings. The van der Waals surface area contributed by atoms with Gasteiger partial charge in [-0.2, -0.15) is 5.10 Å². The number of hydrogen-bond acceptors (Lipinski definition) is 6. The van der Waals surface area contributed by atoms with Crippen molar-refractivity contribution in [3.05, 3.63) is 63.7 Å². The maximum absolute atomic E-state index is 12.5. The quantitative estimate of drug-likeness (QED) is 0.501. The second-order valence-corrected chi connectivity index (χ2v) is 7.31. The van der Waals surface area contributed by atoms with Crippen LogP contribution < -0.4 is 10.2 Å². The summed E-state index contributed by atoms with van der Waals surface area (Å²) in [7, 11) is 1.48. The summed E-state index contributed by atoms with van der Waals surface area (Å²) in [4.78, 5) is 17.6. The van der Waals surface area contributed by atoms with Crippen LogP contribution in [0.5, 0.6) is 11.5 Å². The maximum Gasteiger partial charge on any atom is 0.283 e. The molecule has 1 heterocycles. The first kappa shape index (κ1) is 19.6. The number of nitrogens with zero attached hydrogens (tertiary/aromatic N) is 2. The van der Waals surface area contributed by atoms with E-state index in [-0.39, 0.29) is 11.7 Å². The van der Waals surface area contributed by atoms with Crippen LogP contribution in [-0.4, -0.2) is 29.3 Å². The Morgan fingerprint density at radius 3 is 2.75 bits per heavy atom. The Labute approximate surface area is 167 Å². The first-order valence-electron chi connectivity index (χ1n) is 8.65. The van der Waals surface area contributed by atoms with Gasteiger partial charge in [0.1, 0.15) is 9.88 Å². The number of aromatic nitrogens is 1. The molecule has 0 aliphatic carbocycles. The molecule has 0 radical (unpaired) electrons. The molecular formula is C21H21N3O3S. The van der Waals surface area contributed by atoms with Gasteiger partial charge in [-0.15, -0.1) is 11.3 Å². The number of hydrogen-bond donors (Lipinski definition) is 2. The number of hydrazone groups is 1. The van der Waals surface area contributed by atoms with Gasteiger partial charge in [-0.25, -0.2) is 10.4 Å². The molecule has 0 saturated heterocycles. The number of rotatable bonds is 5. The van der Waals surface area contributed by atoms with E-state index in [0.717, 1.165) is 16.1 Å². The van der Waals surface area contributed by atoms with Gasteiger partial charge in [-0.1, -0.05) is 18.2 Å². The lowest BCUT2D eigenvalue weighted by Crippen LogP contribution is -2.17. The van der Waals surface area contributed by atoms with Crippen LogP contribution in [-0.2, 0) is 0 Å². The van der Waals surface area contributed by atoms with E-state index in [1.54, 1.807) is 12.1 Å². The fourth-order valence-corrected chi connectivity index (χ4v) is 3.75. The van der Waals surface area contributed by atoms with Crippen molar-refractivity contribution < 1.29 is 14.6 Å². The van der Waals surface area contributed by atoms with Crippen LogP contribution in [0.25, 0.3) is 10.6 Å². The van der Waals surface area contributed by atoms with Crippen molar-refractivity contribution in [1.82, 2.24) is 10.4 Å². The van der Waals surface area contributed by atoms with E-state index in [1.807, 2.05) is 19.1 Å². The number of methoxy groups -OCH3 is 1. The highest BCUT2D eigenvalue weighted by Crippen LogP contribution is 2.31. The van der Waals surface area contributed by atoms with Crippen molar-refractivity contribution in [3.8, 4) is 22.1 Å². The predicted molar refractivity (Wildman–Crippen MR) is 111 cm³/mol. The van der Waals surface area contributed by atoms with E-state index >= 15 is 0 Å². The monoisotopic (exact) mass is 395 g/mol. The van der Waals surface area contributed by atoms with Gasteiger partial charge in [0.2, 0.25) is 0 Å². The summed E-state index contributed by atoms with van der Waals surface area (Å²) in [5, 5.41) is 14.6. The lowest BCUT2D eigenvalue weighted by Gasteiger charge is -2.04.